The van der Waals surface area contributed by atoms with E-state index in [2.05, 4.69) is 5.10 Å². The lowest BCUT2D eigenvalue weighted by Crippen LogP contribution is -2.42. The maximum Gasteiger partial charge on any atom is 0.502 e. The molecule has 0 aromatic heterocycles. The second-order valence-electron chi connectivity index (χ2n) is 1.56. The van der Waals surface area contributed by atoms with E-state index in [1.54, 1.807) is 0 Å². The number of nitrogens with two attached hydrogens (primary N) is 1. The van der Waals surface area contributed by atoms with Crippen LogP contribution in [0.15, 0.2) is 5.10 Å². The topological polar surface area (TPSA) is 41.6 Å². The zero-order valence-corrected chi connectivity index (χ0v) is 5.49. The first-order chi connectivity index (χ1) is 4.52. The first kappa shape index (κ1) is 7.67. The van der Waals surface area contributed by atoms with E-state index >= 15 is 0 Å². The molecule has 0 aliphatic carbocycles. The molecule has 58 valence electrons. The van der Waals surface area contributed by atoms with Crippen molar-refractivity contribution in [1.29, 1.82) is 0 Å². The maximum atomic E-state index is 11.7. The molecule has 1 rings (SSSR count). The number of rotatable bonds is 0. The summed E-state index contributed by atoms with van der Waals surface area (Å²) < 4.78 is 35.2. The second kappa shape index (κ2) is 2.31. The highest BCUT2D eigenvalue weighted by molar-refractivity contribution is 8.12. The van der Waals surface area contributed by atoms with Crippen molar-refractivity contribution in [3.8, 4) is 0 Å². The third-order valence-corrected chi connectivity index (χ3v) is 1.57. The summed E-state index contributed by atoms with van der Waals surface area (Å²) in [6.07, 6.45) is -4.46. The first-order valence-corrected chi connectivity index (χ1v) is 3.25. The molecule has 0 aromatic rings. The van der Waals surface area contributed by atoms with Gasteiger partial charge in [0.2, 0.25) is 0 Å². The summed E-state index contributed by atoms with van der Waals surface area (Å²) in [4.78, 5) is 0. The minimum absolute atomic E-state index is 0.0995. The van der Waals surface area contributed by atoms with E-state index in [0.29, 0.717) is 0 Å². The van der Waals surface area contributed by atoms with Crippen LogP contribution in [0.25, 0.3) is 0 Å². The molecule has 0 spiro atoms. The van der Waals surface area contributed by atoms with Crippen molar-refractivity contribution in [2.45, 2.75) is 11.8 Å². The largest absolute Gasteiger partial charge is 0.502 e. The quantitative estimate of drug-likeness (QED) is 0.546. The summed E-state index contributed by atoms with van der Waals surface area (Å²) in [5.41, 5.74) is 4.95. The molecule has 10 heavy (non-hydrogen) atoms. The van der Waals surface area contributed by atoms with Crippen LogP contribution in [0.2, 0.25) is 0 Å². The molecule has 1 aliphatic heterocycles. The number of thioether (sulfide) groups is 1. The summed E-state index contributed by atoms with van der Waals surface area (Å²) in [7, 11) is 0. The molecule has 1 aliphatic rings. The lowest BCUT2D eigenvalue weighted by atomic mass is 10.9. The number of hydrogen-bond acceptors (Lipinski definition) is 4. The molecule has 0 saturated carbocycles. The zero-order valence-electron chi connectivity index (χ0n) is 4.67. The van der Waals surface area contributed by atoms with Crippen molar-refractivity contribution in [3.05, 3.63) is 0 Å². The van der Waals surface area contributed by atoms with Crippen molar-refractivity contribution >= 4 is 17.3 Å². The standard InChI is InChI=1S/C3H4F3N3S/c4-3(5,6)9-2(7)10-1-8-9/h1-2H,7H2. The summed E-state index contributed by atoms with van der Waals surface area (Å²) in [5.74, 6) is 0. The van der Waals surface area contributed by atoms with Gasteiger partial charge in [-0.1, -0.05) is 11.8 Å². The van der Waals surface area contributed by atoms with Crippen molar-refractivity contribution in [3.63, 3.8) is 0 Å². The molecule has 1 atom stereocenters. The molecule has 3 nitrogen and oxygen atoms in total. The fourth-order valence-corrected chi connectivity index (χ4v) is 1.04. The number of alkyl halides is 3. The van der Waals surface area contributed by atoms with Gasteiger partial charge in [0.1, 0.15) is 0 Å². The van der Waals surface area contributed by atoms with Gasteiger partial charge in [-0.05, 0) is 0 Å². The predicted octanol–water partition coefficient (Wildman–Crippen LogP) is 0.741. The van der Waals surface area contributed by atoms with Crippen molar-refractivity contribution in [2.75, 3.05) is 0 Å². The smallest absolute Gasteiger partial charge is 0.301 e. The van der Waals surface area contributed by atoms with Gasteiger partial charge in [-0.25, -0.2) is 0 Å². The monoisotopic (exact) mass is 171 g/mol. The van der Waals surface area contributed by atoms with Gasteiger partial charge in [0.15, 0.2) is 5.50 Å². The Morgan fingerprint density at radius 1 is 1.60 bits per heavy atom. The highest BCUT2D eigenvalue weighted by atomic mass is 32.2. The number of hydrogen-bond donors (Lipinski definition) is 1. The highest BCUT2D eigenvalue weighted by Gasteiger charge is 2.42. The highest BCUT2D eigenvalue weighted by Crippen LogP contribution is 2.29. The average Bonchev–Trinajstić information content (AvgIpc) is 2.11. The van der Waals surface area contributed by atoms with E-state index < -0.39 is 11.8 Å². The molecule has 7 heteroatoms. The maximum absolute atomic E-state index is 11.7. The van der Waals surface area contributed by atoms with Gasteiger partial charge in [0.05, 0.1) is 5.55 Å². The minimum Gasteiger partial charge on any atom is -0.301 e. The van der Waals surface area contributed by atoms with Crippen LogP contribution in [0.4, 0.5) is 13.2 Å². The molecular weight excluding hydrogens is 167 g/mol. The van der Waals surface area contributed by atoms with Gasteiger partial charge in [-0.3, -0.25) is 0 Å². The van der Waals surface area contributed by atoms with Crippen molar-refractivity contribution < 1.29 is 13.2 Å². The number of hydrazone groups is 1. The van der Waals surface area contributed by atoms with Crippen LogP contribution in [0.5, 0.6) is 0 Å². The normalized spacial score (nSPS) is 26.0. The third kappa shape index (κ3) is 1.35. The molecule has 0 amide bonds. The second-order valence-corrected chi connectivity index (χ2v) is 2.53. The van der Waals surface area contributed by atoms with E-state index in [1.165, 1.54) is 0 Å². The molecule has 1 unspecified atom stereocenters. The van der Waals surface area contributed by atoms with Crippen LogP contribution in [0.1, 0.15) is 0 Å². The van der Waals surface area contributed by atoms with E-state index in [0.717, 1.165) is 17.3 Å². The number of halogens is 3. The van der Waals surface area contributed by atoms with Gasteiger partial charge >= 0.3 is 6.30 Å². The number of nitrogens with zero attached hydrogens (tertiary/aromatic N) is 2. The molecule has 1 heterocycles. The van der Waals surface area contributed by atoms with E-state index in [4.69, 9.17) is 5.73 Å². The first-order valence-electron chi connectivity index (χ1n) is 2.31. The molecule has 0 radical (unpaired) electrons. The van der Waals surface area contributed by atoms with Crippen LogP contribution in [-0.2, 0) is 0 Å². The molecule has 0 fully saturated rings. The predicted molar refractivity (Wildman–Crippen MR) is 32.0 cm³/mol. The average molecular weight is 171 g/mol. The minimum atomic E-state index is -4.46. The van der Waals surface area contributed by atoms with Crippen LogP contribution < -0.4 is 5.73 Å². The fraction of sp³-hybridized carbons (Fsp3) is 0.667. The Bertz CT molecular complexity index is 156. The van der Waals surface area contributed by atoms with Crippen molar-refractivity contribution in [2.24, 2.45) is 10.8 Å². The molecular formula is C3H4F3N3S. The Morgan fingerprint density at radius 2 is 2.20 bits per heavy atom. The Hall–Kier alpha value is -0.430. The Morgan fingerprint density at radius 3 is 2.40 bits per heavy atom. The summed E-state index contributed by atoms with van der Waals surface area (Å²) in [5, 5.41) is 2.91. The van der Waals surface area contributed by atoms with Crippen LogP contribution >= 0.6 is 11.8 Å². The molecule has 0 bridgehead atoms. The van der Waals surface area contributed by atoms with Gasteiger partial charge in [0.25, 0.3) is 0 Å². The summed E-state index contributed by atoms with van der Waals surface area (Å²) in [6, 6.07) is 0. The summed E-state index contributed by atoms with van der Waals surface area (Å²) >= 11 is 0.824. The fourth-order valence-electron chi connectivity index (χ4n) is 0.473. The molecule has 0 aromatic carbocycles. The Labute approximate surface area is 59.0 Å². The SMILES string of the molecule is NC1SC=NN1C(F)(F)F. The Balaban J connectivity index is 2.64. The van der Waals surface area contributed by atoms with Crippen LogP contribution in [0.3, 0.4) is 0 Å². The Kier molecular flexibility index (Phi) is 1.78. The molecule has 2 N–H and O–H groups in total. The zero-order chi connectivity index (χ0) is 7.78. The van der Waals surface area contributed by atoms with E-state index in [1.807, 2.05) is 0 Å². The van der Waals surface area contributed by atoms with Crippen molar-refractivity contribution in [1.82, 2.24) is 5.01 Å². The molecule has 0 saturated heterocycles. The van der Waals surface area contributed by atoms with Gasteiger partial charge < -0.3 is 5.73 Å². The van der Waals surface area contributed by atoms with Crippen LogP contribution in [0, 0.1) is 0 Å². The van der Waals surface area contributed by atoms with E-state index in [9.17, 15) is 13.2 Å². The lowest BCUT2D eigenvalue weighted by Gasteiger charge is -2.20. The van der Waals surface area contributed by atoms with Gasteiger partial charge in [-0.2, -0.15) is 10.1 Å². The van der Waals surface area contributed by atoms with E-state index in [-0.39, 0.29) is 5.01 Å². The third-order valence-electron chi connectivity index (χ3n) is 0.873. The van der Waals surface area contributed by atoms with Gasteiger partial charge in [0, 0.05) is 0 Å². The lowest BCUT2D eigenvalue weighted by molar-refractivity contribution is -0.248. The summed E-state index contributed by atoms with van der Waals surface area (Å²) in [6.45, 7) is 0. The van der Waals surface area contributed by atoms with Crippen LogP contribution in [-0.4, -0.2) is 22.4 Å². The van der Waals surface area contributed by atoms with Gasteiger partial charge in [-0.15, -0.1) is 13.2 Å².